The fourth-order valence-corrected chi connectivity index (χ4v) is 2.69. The van der Waals surface area contributed by atoms with E-state index in [0.29, 0.717) is 18.8 Å². The molecule has 0 radical (unpaired) electrons. The summed E-state index contributed by atoms with van der Waals surface area (Å²) in [7, 11) is 0. The fraction of sp³-hybridized carbons (Fsp3) is 0.500. The van der Waals surface area contributed by atoms with E-state index in [1.807, 2.05) is 19.1 Å². The minimum absolute atomic E-state index is 0.0509. The van der Waals surface area contributed by atoms with Gasteiger partial charge in [0.15, 0.2) is 5.78 Å². The number of benzene rings is 1. The highest BCUT2D eigenvalue weighted by molar-refractivity contribution is 9.10. The average Bonchev–Trinajstić information content (AvgIpc) is 2.75. The van der Waals surface area contributed by atoms with Gasteiger partial charge in [0.1, 0.15) is 11.9 Å². The van der Waals surface area contributed by atoms with Crippen LogP contribution in [0.2, 0.25) is 0 Å². The first-order valence-corrected chi connectivity index (χ1v) is 7.01. The molecule has 4 heteroatoms. The lowest BCUT2D eigenvalue weighted by Gasteiger charge is -2.14. The third-order valence-corrected chi connectivity index (χ3v) is 3.82. The number of carbonyl (C=O) groups is 1. The molecule has 1 aliphatic rings. The Kier molecular flexibility index (Phi) is 4.40. The van der Waals surface area contributed by atoms with E-state index in [0.717, 1.165) is 16.6 Å². The normalized spacial score (nSPS) is 23.1. The summed E-state index contributed by atoms with van der Waals surface area (Å²) >= 11 is 3.43. The number of carbonyl (C=O) groups excluding carboxylic acids is 1. The van der Waals surface area contributed by atoms with Crippen molar-refractivity contribution in [2.45, 2.75) is 26.4 Å². The summed E-state index contributed by atoms with van der Waals surface area (Å²) in [6, 6.07) is 5.45. The van der Waals surface area contributed by atoms with Gasteiger partial charge in [-0.25, -0.2) is 0 Å². The summed E-state index contributed by atoms with van der Waals surface area (Å²) in [5, 5.41) is 0. The van der Waals surface area contributed by atoms with Gasteiger partial charge < -0.3 is 9.47 Å². The Bertz CT molecular complexity index is 445. The van der Waals surface area contributed by atoms with Crippen molar-refractivity contribution in [3.05, 3.63) is 28.2 Å². The fourth-order valence-electron chi connectivity index (χ4n) is 2.14. The average molecular weight is 313 g/mol. The van der Waals surface area contributed by atoms with Crippen LogP contribution in [0.25, 0.3) is 0 Å². The number of hydrogen-bond donors (Lipinski definition) is 0. The number of ketones is 1. The molecule has 2 rings (SSSR count). The van der Waals surface area contributed by atoms with Crippen molar-refractivity contribution in [2.75, 3.05) is 13.2 Å². The second-order valence-electron chi connectivity index (χ2n) is 4.50. The molecular weight excluding hydrogens is 296 g/mol. The minimum Gasteiger partial charge on any atom is -0.494 e. The summed E-state index contributed by atoms with van der Waals surface area (Å²) in [5.41, 5.74) is 0.664. The predicted molar refractivity (Wildman–Crippen MR) is 73.2 cm³/mol. The highest BCUT2D eigenvalue weighted by Crippen LogP contribution is 2.29. The highest BCUT2D eigenvalue weighted by atomic mass is 79.9. The summed E-state index contributed by atoms with van der Waals surface area (Å²) in [6.45, 7) is 5.27. The molecule has 2 atom stereocenters. The second-order valence-corrected chi connectivity index (χ2v) is 5.35. The zero-order valence-electron chi connectivity index (χ0n) is 10.6. The maximum absolute atomic E-state index is 12.4. The Morgan fingerprint density at radius 3 is 2.89 bits per heavy atom. The first-order valence-electron chi connectivity index (χ1n) is 6.21. The standard InChI is InChI=1S/C14H17BrO3/c1-3-17-10-4-5-11(12(15)8-10)13(16)14-9(2)6-7-18-14/h4-5,8-9,14H,3,6-7H2,1-2H3. The monoisotopic (exact) mass is 312 g/mol. The molecular formula is C14H17BrO3. The van der Waals surface area contributed by atoms with E-state index < -0.39 is 0 Å². The lowest BCUT2D eigenvalue weighted by Crippen LogP contribution is -2.25. The lowest BCUT2D eigenvalue weighted by molar-refractivity contribution is 0.0578. The van der Waals surface area contributed by atoms with Gasteiger partial charge in [0.25, 0.3) is 0 Å². The maximum Gasteiger partial charge on any atom is 0.192 e. The van der Waals surface area contributed by atoms with Gasteiger partial charge in [-0.2, -0.15) is 0 Å². The molecule has 1 aromatic carbocycles. The Hall–Kier alpha value is -0.870. The lowest BCUT2D eigenvalue weighted by atomic mass is 9.96. The molecule has 98 valence electrons. The van der Waals surface area contributed by atoms with Gasteiger partial charge in [0, 0.05) is 16.6 Å². The Morgan fingerprint density at radius 1 is 1.56 bits per heavy atom. The largest absolute Gasteiger partial charge is 0.494 e. The molecule has 0 bridgehead atoms. The minimum atomic E-state index is -0.306. The smallest absolute Gasteiger partial charge is 0.192 e. The molecule has 0 N–H and O–H groups in total. The third kappa shape index (κ3) is 2.75. The van der Waals surface area contributed by atoms with Gasteiger partial charge in [0.2, 0.25) is 0 Å². The second kappa shape index (κ2) is 5.85. The Morgan fingerprint density at radius 2 is 2.33 bits per heavy atom. The molecule has 1 saturated heterocycles. The van der Waals surface area contributed by atoms with E-state index in [1.165, 1.54) is 0 Å². The van der Waals surface area contributed by atoms with Crippen molar-refractivity contribution in [1.82, 2.24) is 0 Å². The number of halogens is 1. The SMILES string of the molecule is CCOc1ccc(C(=O)C2OCCC2C)c(Br)c1. The number of rotatable bonds is 4. The molecule has 0 spiro atoms. The first kappa shape index (κ1) is 13.6. The third-order valence-electron chi connectivity index (χ3n) is 3.16. The molecule has 1 fully saturated rings. The van der Waals surface area contributed by atoms with E-state index in [1.54, 1.807) is 6.07 Å². The molecule has 2 unspecified atom stereocenters. The van der Waals surface area contributed by atoms with Crippen molar-refractivity contribution in [3.8, 4) is 5.75 Å². The Balaban J connectivity index is 2.20. The van der Waals surface area contributed by atoms with Gasteiger partial charge in [-0.05, 0) is 53.4 Å². The van der Waals surface area contributed by atoms with Crippen molar-refractivity contribution in [3.63, 3.8) is 0 Å². The molecule has 0 aliphatic carbocycles. The van der Waals surface area contributed by atoms with Crippen molar-refractivity contribution in [1.29, 1.82) is 0 Å². The van der Waals surface area contributed by atoms with E-state index in [-0.39, 0.29) is 17.8 Å². The van der Waals surface area contributed by atoms with Crippen LogP contribution in [0.4, 0.5) is 0 Å². The summed E-state index contributed by atoms with van der Waals surface area (Å²) < 4.78 is 11.7. The van der Waals surface area contributed by atoms with Crippen molar-refractivity contribution in [2.24, 2.45) is 5.92 Å². The zero-order chi connectivity index (χ0) is 13.1. The van der Waals surface area contributed by atoms with Crippen LogP contribution >= 0.6 is 15.9 Å². The highest BCUT2D eigenvalue weighted by Gasteiger charge is 2.32. The van der Waals surface area contributed by atoms with Crippen molar-refractivity contribution < 1.29 is 14.3 Å². The Labute approximate surface area is 116 Å². The molecule has 0 amide bonds. The molecule has 0 saturated carbocycles. The van der Waals surface area contributed by atoms with Gasteiger partial charge in [-0.3, -0.25) is 4.79 Å². The molecule has 1 aliphatic heterocycles. The topological polar surface area (TPSA) is 35.5 Å². The van der Waals surface area contributed by atoms with E-state index >= 15 is 0 Å². The maximum atomic E-state index is 12.4. The molecule has 1 aromatic rings. The summed E-state index contributed by atoms with van der Waals surface area (Å²) in [5.74, 6) is 1.10. The van der Waals surface area contributed by atoms with Crippen LogP contribution in [0.15, 0.2) is 22.7 Å². The van der Waals surface area contributed by atoms with E-state index in [4.69, 9.17) is 9.47 Å². The molecule has 18 heavy (non-hydrogen) atoms. The summed E-state index contributed by atoms with van der Waals surface area (Å²) in [6.07, 6.45) is 0.643. The number of ether oxygens (including phenoxy) is 2. The van der Waals surface area contributed by atoms with Crippen LogP contribution in [-0.2, 0) is 4.74 Å². The van der Waals surface area contributed by atoms with Gasteiger partial charge >= 0.3 is 0 Å². The first-order chi connectivity index (χ1) is 8.63. The molecule has 3 nitrogen and oxygen atoms in total. The van der Waals surface area contributed by atoms with Crippen LogP contribution in [0, 0.1) is 5.92 Å². The van der Waals surface area contributed by atoms with Crippen LogP contribution in [-0.4, -0.2) is 25.1 Å². The summed E-state index contributed by atoms with van der Waals surface area (Å²) in [4.78, 5) is 12.4. The van der Waals surface area contributed by atoms with Gasteiger partial charge in [-0.1, -0.05) is 6.92 Å². The van der Waals surface area contributed by atoms with Gasteiger partial charge in [0.05, 0.1) is 6.61 Å². The number of hydrogen-bond acceptors (Lipinski definition) is 3. The van der Waals surface area contributed by atoms with E-state index in [2.05, 4.69) is 22.9 Å². The predicted octanol–water partition coefficient (Wildman–Crippen LogP) is 3.46. The van der Waals surface area contributed by atoms with E-state index in [9.17, 15) is 4.79 Å². The van der Waals surface area contributed by atoms with Gasteiger partial charge in [-0.15, -0.1) is 0 Å². The van der Waals surface area contributed by atoms with Crippen molar-refractivity contribution >= 4 is 21.7 Å². The molecule has 0 aromatic heterocycles. The zero-order valence-corrected chi connectivity index (χ0v) is 12.2. The quantitative estimate of drug-likeness (QED) is 0.799. The number of Topliss-reactive ketones (excluding diaryl/α,β-unsaturated/α-hetero) is 1. The molecule has 1 heterocycles. The van der Waals surface area contributed by atoms with Crippen LogP contribution < -0.4 is 4.74 Å². The van der Waals surface area contributed by atoms with Crippen LogP contribution in [0.3, 0.4) is 0 Å². The van der Waals surface area contributed by atoms with Crippen LogP contribution in [0.5, 0.6) is 5.75 Å². The van der Waals surface area contributed by atoms with Crippen LogP contribution in [0.1, 0.15) is 30.6 Å².